The molecule has 1 rings (SSSR count). The zero-order valence-electron chi connectivity index (χ0n) is 7.33. The van der Waals surface area contributed by atoms with Gasteiger partial charge in [-0.3, -0.25) is 0 Å². The second kappa shape index (κ2) is 4.50. The summed E-state index contributed by atoms with van der Waals surface area (Å²) in [6.07, 6.45) is 6.19. The van der Waals surface area contributed by atoms with Crippen molar-refractivity contribution in [3.8, 4) is 6.07 Å². The summed E-state index contributed by atoms with van der Waals surface area (Å²) < 4.78 is 1.87. The fourth-order valence-electron chi connectivity index (χ4n) is 1.13. The topological polar surface area (TPSA) is 27.7 Å². The van der Waals surface area contributed by atoms with Crippen LogP contribution in [0.15, 0.2) is 24.5 Å². The normalized spacial score (nSPS) is 9.33. The fourth-order valence-corrected chi connectivity index (χ4v) is 1.13. The van der Waals surface area contributed by atoms with Crippen LogP contribution in [0.5, 0.6) is 0 Å². The minimum atomic E-state index is 0.437. The van der Waals surface area contributed by atoms with Gasteiger partial charge in [0.15, 0.2) is 12.4 Å². The molecule has 0 saturated carbocycles. The maximum absolute atomic E-state index is 8.42. The average Bonchev–Trinajstić information content (AvgIpc) is 2.09. The molecule has 1 aromatic rings. The Morgan fingerprint density at radius 2 is 2.08 bits per heavy atom. The van der Waals surface area contributed by atoms with E-state index in [9.17, 15) is 0 Å². The molecule has 0 aliphatic carbocycles. The molecule has 0 N–H and O–H groups in total. The molecule has 0 radical (unpaired) electrons. The molecule has 2 nitrogen and oxygen atoms in total. The summed E-state index contributed by atoms with van der Waals surface area (Å²) >= 11 is 0. The van der Waals surface area contributed by atoms with E-state index in [1.807, 2.05) is 17.0 Å². The molecule has 0 amide bonds. The van der Waals surface area contributed by atoms with Gasteiger partial charge in [0.05, 0.1) is 0 Å². The van der Waals surface area contributed by atoms with Crippen LogP contribution in [0, 0.1) is 11.3 Å². The van der Waals surface area contributed by atoms with Crippen LogP contribution < -0.4 is 4.57 Å². The number of aryl methyl sites for hydroxylation is 1. The summed E-state index contributed by atoms with van der Waals surface area (Å²) in [6.45, 7) is 2.60. The van der Waals surface area contributed by atoms with Gasteiger partial charge in [0.1, 0.15) is 6.07 Å². The molecule has 0 spiro atoms. The van der Waals surface area contributed by atoms with Crippen LogP contribution in [0.1, 0.15) is 18.9 Å². The van der Waals surface area contributed by atoms with Crippen molar-refractivity contribution in [3.05, 3.63) is 30.1 Å². The number of aromatic nitrogens is 1. The predicted molar refractivity (Wildman–Crippen MR) is 46.2 cm³/mol. The molecule has 12 heavy (non-hydrogen) atoms. The van der Waals surface area contributed by atoms with Crippen LogP contribution in [0.25, 0.3) is 0 Å². The van der Waals surface area contributed by atoms with Crippen LogP contribution in [-0.4, -0.2) is 0 Å². The maximum Gasteiger partial charge on any atom is 0.233 e. The van der Waals surface area contributed by atoms with Crippen molar-refractivity contribution in [2.75, 3.05) is 0 Å². The Bertz CT molecular complexity index is 269. The highest BCUT2D eigenvalue weighted by molar-refractivity contribution is 5.06. The Balaban J connectivity index is 2.66. The summed E-state index contributed by atoms with van der Waals surface area (Å²) in [6, 6.07) is 6.24. The third-order valence-electron chi connectivity index (χ3n) is 1.75. The van der Waals surface area contributed by atoms with Crippen molar-refractivity contribution < 1.29 is 4.57 Å². The van der Waals surface area contributed by atoms with Crippen LogP contribution >= 0.6 is 0 Å². The van der Waals surface area contributed by atoms with Gasteiger partial charge in [-0.25, -0.2) is 0 Å². The Hall–Kier alpha value is -1.36. The van der Waals surface area contributed by atoms with E-state index in [0.29, 0.717) is 6.54 Å². The van der Waals surface area contributed by atoms with Crippen molar-refractivity contribution in [3.63, 3.8) is 0 Å². The van der Waals surface area contributed by atoms with E-state index in [4.69, 9.17) is 5.26 Å². The summed E-state index contributed by atoms with van der Waals surface area (Å²) in [4.78, 5) is 0. The Labute approximate surface area is 73.1 Å². The smallest absolute Gasteiger partial charge is 0.191 e. The molecule has 2 heteroatoms. The monoisotopic (exact) mass is 161 g/mol. The predicted octanol–water partition coefficient (Wildman–Crippen LogP) is 1.45. The molecule has 0 fully saturated rings. The lowest BCUT2D eigenvalue weighted by atomic mass is 10.2. The number of hydrogen-bond acceptors (Lipinski definition) is 1. The second-order valence-electron chi connectivity index (χ2n) is 2.79. The van der Waals surface area contributed by atoms with Crippen LogP contribution in [0.2, 0.25) is 0 Å². The maximum atomic E-state index is 8.42. The lowest BCUT2D eigenvalue weighted by molar-refractivity contribution is -0.685. The molecule has 0 aromatic carbocycles. The molecular weight excluding hydrogens is 148 g/mol. The quantitative estimate of drug-likeness (QED) is 0.616. The minimum absolute atomic E-state index is 0.437. The summed E-state index contributed by atoms with van der Waals surface area (Å²) in [5.74, 6) is 0. The highest BCUT2D eigenvalue weighted by atomic mass is 14.9. The average molecular weight is 161 g/mol. The van der Waals surface area contributed by atoms with Gasteiger partial charge in [0, 0.05) is 12.1 Å². The zero-order chi connectivity index (χ0) is 8.81. The summed E-state index contributed by atoms with van der Waals surface area (Å²) in [5, 5.41) is 8.42. The third kappa shape index (κ3) is 2.35. The largest absolute Gasteiger partial charge is 0.233 e. The molecule has 0 aliphatic rings. The second-order valence-corrected chi connectivity index (χ2v) is 2.79. The first-order valence-electron chi connectivity index (χ1n) is 4.21. The van der Waals surface area contributed by atoms with Crippen molar-refractivity contribution in [1.82, 2.24) is 0 Å². The lowest BCUT2D eigenvalue weighted by Gasteiger charge is -1.94. The highest BCUT2D eigenvalue weighted by Gasteiger charge is 1.97. The molecular formula is C10H13N2+. The summed E-state index contributed by atoms with van der Waals surface area (Å²) in [7, 11) is 0. The Morgan fingerprint density at radius 3 is 2.58 bits per heavy atom. The third-order valence-corrected chi connectivity index (χ3v) is 1.75. The Kier molecular flexibility index (Phi) is 3.28. The Morgan fingerprint density at radius 1 is 1.42 bits per heavy atom. The van der Waals surface area contributed by atoms with Gasteiger partial charge >= 0.3 is 0 Å². The lowest BCUT2D eigenvalue weighted by Crippen LogP contribution is -2.31. The van der Waals surface area contributed by atoms with Gasteiger partial charge in [-0.05, 0) is 12.0 Å². The molecule has 62 valence electrons. The molecule has 0 saturated heterocycles. The van der Waals surface area contributed by atoms with E-state index >= 15 is 0 Å². The standard InChI is InChI=1S/C10H13N2/c1-2-3-10-4-7-12(8-5-10)9-6-11/h4-5,7-8H,2-3,9H2,1H3/q+1. The molecule has 0 aliphatic heterocycles. The van der Waals surface area contributed by atoms with Crippen molar-refractivity contribution in [2.24, 2.45) is 0 Å². The van der Waals surface area contributed by atoms with E-state index in [2.05, 4.69) is 25.1 Å². The highest BCUT2D eigenvalue weighted by Crippen LogP contribution is 1.98. The van der Waals surface area contributed by atoms with E-state index in [-0.39, 0.29) is 0 Å². The molecule has 0 bridgehead atoms. The molecule has 1 heterocycles. The molecule has 1 aromatic heterocycles. The minimum Gasteiger partial charge on any atom is -0.191 e. The van der Waals surface area contributed by atoms with E-state index in [1.165, 1.54) is 12.0 Å². The SMILES string of the molecule is CCCc1cc[n+](CC#N)cc1. The first kappa shape index (κ1) is 8.73. The number of nitriles is 1. The zero-order valence-corrected chi connectivity index (χ0v) is 7.33. The van der Waals surface area contributed by atoms with Gasteiger partial charge in [-0.2, -0.15) is 9.83 Å². The number of nitrogens with zero attached hydrogens (tertiary/aromatic N) is 2. The van der Waals surface area contributed by atoms with E-state index < -0.39 is 0 Å². The summed E-state index contributed by atoms with van der Waals surface area (Å²) in [5.41, 5.74) is 1.34. The number of pyridine rings is 1. The number of rotatable bonds is 3. The van der Waals surface area contributed by atoms with Gasteiger partial charge in [-0.1, -0.05) is 13.3 Å². The first-order chi connectivity index (χ1) is 5.86. The van der Waals surface area contributed by atoms with Crippen molar-refractivity contribution >= 4 is 0 Å². The van der Waals surface area contributed by atoms with Gasteiger partial charge < -0.3 is 0 Å². The van der Waals surface area contributed by atoms with Crippen LogP contribution in [-0.2, 0) is 13.0 Å². The first-order valence-corrected chi connectivity index (χ1v) is 4.21. The molecule has 0 unspecified atom stereocenters. The van der Waals surface area contributed by atoms with Gasteiger partial charge in [0.25, 0.3) is 0 Å². The fraction of sp³-hybridized carbons (Fsp3) is 0.400. The van der Waals surface area contributed by atoms with Crippen LogP contribution in [0.3, 0.4) is 0 Å². The van der Waals surface area contributed by atoms with Crippen molar-refractivity contribution in [2.45, 2.75) is 26.3 Å². The number of hydrogen-bond donors (Lipinski definition) is 0. The van der Waals surface area contributed by atoms with Crippen molar-refractivity contribution in [1.29, 1.82) is 5.26 Å². The van der Waals surface area contributed by atoms with E-state index in [0.717, 1.165) is 6.42 Å². The van der Waals surface area contributed by atoms with Crippen LogP contribution in [0.4, 0.5) is 0 Å². The van der Waals surface area contributed by atoms with E-state index in [1.54, 1.807) is 0 Å². The van der Waals surface area contributed by atoms with Gasteiger partial charge in [-0.15, -0.1) is 0 Å². The van der Waals surface area contributed by atoms with Gasteiger partial charge in [0.2, 0.25) is 6.54 Å². The molecule has 0 atom stereocenters.